The summed E-state index contributed by atoms with van der Waals surface area (Å²) in [6.45, 7) is 3.50. The second kappa shape index (κ2) is 7.09. The minimum Gasteiger partial charge on any atom is -0.445 e. The highest BCUT2D eigenvalue weighted by Gasteiger charge is 2.30. The quantitative estimate of drug-likeness (QED) is 0.889. The van der Waals surface area contributed by atoms with Gasteiger partial charge in [-0.1, -0.05) is 60.7 Å². The van der Waals surface area contributed by atoms with Gasteiger partial charge < -0.3 is 15.2 Å². The van der Waals surface area contributed by atoms with E-state index < -0.39 is 17.7 Å². The average Bonchev–Trinajstić information content (AvgIpc) is 2.51. The number of alkyl carbamates (subject to hydrolysis) is 1. The van der Waals surface area contributed by atoms with Crippen molar-refractivity contribution in [1.82, 2.24) is 5.32 Å². The molecule has 0 aliphatic heterocycles. The minimum atomic E-state index is -1.10. The Bertz CT molecular complexity index is 591. The van der Waals surface area contributed by atoms with Crippen molar-refractivity contribution in [3.63, 3.8) is 0 Å². The summed E-state index contributed by atoms with van der Waals surface area (Å²) in [7, 11) is 0. The molecule has 2 N–H and O–H groups in total. The number of ether oxygens (including phenoxy) is 1. The number of nitrogens with one attached hydrogen (secondary N) is 1. The lowest BCUT2D eigenvalue weighted by atomic mass is 9.92. The number of carbonyl (C=O) groups excluding carboxylic acids is 1. The van der Waals surface area contributed by atoms with Gasteiger partial charge in [0.05, 0.1) is 11.6 Å². The van der Waals surface area contributed by atoms with E-state index in [0.29, 0.717) is 0 Å². The summed E-state index contributed by atoms with van der Waals surface area (Å²) in [4.78, 5) is 12.0. The molecule has 4 heteroatoms. The molecule has 116 valence electrons. The first kappa shape index (κ1) is 16.0. The van der Waals surface area contributed by atoms with Crippen LogP contribution in [0.5, 0.6) is 0 Å². The molecule has 1 atom stereocenters. The first-order valence-electron chi connectivity index (χ1n) is 7.21. The second-order valence-corrected chi connectivity index (χ2v) is 5.70. The molecule has 2 aromatic carbocycles. The number of rotatable bonds is 5. The molecule has 0 saturated carbocycles. The lowest BCUT2D eigenvalue weighted by Crippen LogP contribution is -2.42. The highest BCUT2D eigenvalue weighted by atomic mass is 16.5. The van der Waals surface area contributed by atoms with Crippen molar-refractivity contribution < 1.29 is 14.6 Å². The third-order valence-corrected chi connectivity index (χ3v) is 3.31. The fourth-order valence-corrected chi connectivity index (χ4v) is 2.20. The molecule has 2 rings (SSSR count). The van der Waals surface area contributed by atoms with Gasteiger partial charge in [-0.3, -0.25) is 0 Å². The van der Waals surface area contributed by atoms with Gasteiger partial charge in [-0.05, 0) is 25.0 Å². The van der Waals surface area contributed by atoms with E-state index >= 15 is 0 Å². The highest BCUT2D eigenvalue weighted by molar-refractivity contribution is 5.68. The predicted octanol–water partition coefficient (Wildman–Crippen LogP) is 3.43. The van der Waals surface area contributed by atoms with Gasteiger partial charge in [-0.25, -0.2) is 4.79 Å². The van der Waals surface area contributed by atoms with Crippen LogP contribution in [0.25, 0.3) is 0 Å². The zero-order valence-corrected chi connectivity index (χ0v) is 12.8. The summed E-state index contributed by atoms with van der Waals surface area (Å²) < 4.78 is 5.21. The summed E-state index contributed by atoms with van der Waals surface area (Å²) in [5, 5.41) is 13.0. The fourth-order valence-electron chi connectivity index (χ4n) is 2.20. The van der Waals surface area contributed by atoms with Gasteiger partial charge in [0.15, 0.2) is 0 Å². The molecule has 1 unspecified atom stereocenters. The molecule has 0 spiro atoms. The van der Waals surface area contributed by atoms with E-state index in [1.54, 1.807) is 13.8 Å². The van der Waals surface area contributed by atoms with Crippen molar-refractivity contribution in [2.45, 2.75) is 32.1 Å². The molecule has 0 bridgehead atoms. The van der Waals surface area contributed by atoms with E-state index in [1.165, 1.54) is 0 Å². The van der Waals surface area contributed by atoms with Crippen LogP contribution in [0, 0.1) is 0 Å². The molecular formula is C18H21NO3. The second-order valence-electron chi connectivity index (χ2n) is 5.70. The molecule has 0 heterocycles. The normalized spacial score (nSPS) is 12.5. The summed E-state index contributed by atoms with van der Waals surface area (Å²) >= 11 is 0. The molecule has 0 fully saturated rings. The van der Waals surface area contributed by atoms with Gasteiger partial charge in [0.1, 0.15) is 6.61 Å². The molecular weight excluding hydrogens is 278 g/mol. The maximum atomic E-state index is 12.0. The Balaban J connectivity index is 2.00. The van der Waals surface area contributed by atoms with Crippen molar-refractivity contribution >= 4 is 6.09 Å². The first-order chi connectivity index (χ1) is 10.5. The minimum absolute atomic E-state index is 0.194. The summed E-state index contributed by atoms with van der Waals surface area (Å²) in [6.07, 6.45) is -0.556. The van der Waals surface area contributed by atoms with Crippen LogP contribution in [0.4, 0.5) is 4.79 Å². The first-order valence-corrected chi connectivity index (χ1v) is 7.21. The zero-order chi connectivity index (χ0) is 16.0. The van der Waals surface area contributed by atoms with Gasteiger partial charge in [-0.2, -0.15) is 0 Å². The Kier molecular flexibility index (Phi) is 5.17. The summed E-state index contributed by atoms with van der Waals surface area (Å²) in [5.74, 6) is 0. The molecule has 0 aliphatic rings. The number of benzene rings is 2. The summed E-state index contributed by atoms with van der Waals surface area (Å²) in [6, 6.07) is 18.3. The Morgan fingerprint density at radius 2 is 1.64 bits per heavy atom. The molecule has 0 aliphatic carbocycles. The van der Waals surface area contributed by atoms with Crippen LogP contribution in [-0.4, -0.2) is 16.8 Å². The number of hydrogen-bond acceptors (Lipinski definition) is 3. The van der Waals surface area contributed by atoms with Crippen molar-refractivity contribution in [1.29, 1.82) is 0 Å². The van der Waals surface area contributed by atoms with Crippen molar-refractivity contribution in [3.8, 4) is 0 Å². The van der Waals surface area contributed by atoms with Crippen LogP contribution in [0.3, 0.4) is 0 Å². The van der Waals surface area contributed by atoms with Crippen LogP contribution >= 0.6 is 0 Å². The third kappa shape index (κ3) is 4.60. The Morgan fingerprint density at radius 3 is 2.18 bits per heavy atom. The van der Waals surface area contributed by atoms with Gasteiger partial charge >= 0.3 is 6.09 Å². The van der Waals surface area contributed by atoms with Gasteiger partial charge in [0, 0.05) is 0 Å². The number of hydrogen-bond donors (Lipinski definition) is 2. The predicted molar refractivity (Wildman–Crippen MR) is 85.2 cm³/mol. The largest absolute Gasteiger partial charge is 0.445 e. The Hall–Kier alpha value is -2.33. The number of carbonyl (C=O) groups is 1. The Morgan fingerprint density at radius 1 is 1.09 bits per heavy atom. The topological polar surface area (TPSA) is 58.6 Å². The van der Waals surface area contributed by atoms with Gasteiger partial charge in [-0.15, -0.1) is 0 Å². The van der Waals surface area contributed by atoms with Crippen LogP contribution in [0.1, 0.15) is 31.0 Å². The lowest BCUT2D eigenvalue weighted by Gasteiger charge is -2.30. The van der Waals surface area contributed by atoms with E-state index in [-0.39, 0.29) is 6.61 Å². The maximum absolute atomic E-state index is 12.0. The van der Waals surface area contributed by atoms with Crippen LogP contribution in [-0.2, 0) is 11.3 Å². The van der Waals surface area contributed by atoms with Crippen molar-refractivity contribution in [3.05, 3.63) is 71.8 Å². The maximum Gasteiger partial charge on any atom is 0.408 e. The van der Waals surface area contributed by atoms with Crippen LogP contribution in [0.2, 0.25) is 0 Å². The van der Waals surface area contributed by atoms with Crippen molar-refractivity contribution in [2.75, 3.05) is 0 Å². The molecule has 4 nitrogen and oxygen atoms in total. The monoisotopic (exact) mass is 299 g/mol. The van der Waals surface area contributed by atoms with E-state index in [9.17, 15) is 9.90 Å². The van der Waals surface area contributed by atoms with E-state index in [2.05, 4.69) is 5.32 Å². The number of aliphatic hydroxyl groups is 1. The molecule has 0 aromatic heterocycles. The molecule has 1 amide bonds. The smallest absolute Gasteiger partial charge is 0.408 e. The highest BCUT2D eigenvalue weighted by Crippen LogP contribution is 2.25. The van der Waals surface area contributed by atoms with E-state index in [0.717, 1.165) is 11.1 Å². The van der Waals surface area contributed by atoms with Crippen molar-refractivity contribution in [2.24, 2.45) is 0 Å². The van der Waals surface area contributed by atoms with Gasteiger partial charge in [0.2, 0.25) is 0 Å². The average molecular weight is 299 g/mol. The standard InChI is InChI=1S/C18H21NO3/c1-18(2,21)16(15-11-7-4-8-12-15)19-17(20)22-13-14-9-5-3-6-10-14/h3-12,16,21H,13H2,1-2H3,(H,19,20). The van der Waals surface area contributed by atoms with Crippen LogP contribution in [0.15, 0.2) is 60.7 Å². The van der Waals surface area contributed by atoms with E-state index in [4.69, 9.17) is 4.74 Å². The molecule has 0 radical (unpaired) electrons. The third-order valence-electron chi connectivity index (χ3n) is 3.31. The summed E-state index contributed by atoms with van der Waals surface area (Å²) in [5.41, 5.74) is 0.636. The van der Waals surface area contributed by atoms with E-state index in [1.807, 2.05) is 60.7 Å². The lowest BCUT2D eigenvalue weighted by molar-refractivity contribution is 0.0331. The molecule has 2 aromatic rings. The van der Waals surface area contributed by atoms with Gasteiger partial charge in [0.25, 0.3) is 0 Å². The van der Waals surface area contributed by atoms with Crippen LogP contribution < -0.4 is 5.32 Å². The zero-order valence-electron chi connectivity index (χ0n) is 12.8. The number of amides is 1. The fraction of sp³-hybridized carbons (Fsp3) is 0.278. The SMILES string of the molecule is CC(C)(O)C(NC(=O)OCc1ccccc1)c1ccccc1. The Labute approximate surface area is 130 Å². The molecule has 0 saturated heterocycles. The molecule has 22 heavy (non-hydrogen) atoms.